The Morgan fingerprint density at radius 1 is 1.22 bits per heavy atom. The van der Waals surface area contributed by atoms with Crippen LogP contribution in [0.4, 0.5) is 5.95 Å². The van der Waals surface area contributed by atoms with Crippen molar-refractivity contribution in [2.75, 3.05) is 23.9 Å². The normalized spacial score (nSPS) is 10.9. The molecule has 0 atom stereocenters. The van der Waals surface area contributed by atoms with E-state index >= 15 is 0 Å². The molecule has 102 valence electrons. The standard InChI is InChI=1S/C14H25N3S/c1-11(2)13-10-12(3)16-14(17-13)15-8-6-5-7-9-18-4/h10-11H,5-9H2,1-4H3,(H,15,16,17). The van der Waals surface area contributed by atoms with Crippen LogP contribution in [0.2, 0.25) is 0 Å². The van der Waals surface area contributed by atoms with Crippen molar-refractivity contribution in [3.05, 3.63) is 17.5 Å². The highest BCUT2D eigenvalue weighted by Crippen LogP contribution is 2.14. The molecule has 4 heteroatoms. The van der Waals surface area contributed by atoms with Crippen molar-refractivity contribution in [1.82, 2.24) is 9.97 Å². The average molecular weight is 267 g/mol. The predicted molar refractivity (Wildman–Crippen MR) is 81.6 cm³/mol. The third kappa shape index (κ3) is 5.71. The maximum Gasteiger partial charge on any atom is 0.223 e. The van der Waals surface area contributed by atoms with E-state index in [4.69, 9.17) is 0 Å². The van der Waals surface area contributed by atoms with E-state index in [1.54, 1.807) is 0 Å². The molecule has 0 bridgehead atoms. The number of aromatic nitrogens is 2. The van der Waals surface area contributed by atoms with E-state index in [0.717, 1.165) is 23.9 Å². The highest BCUT2D eigenvalue weighted by Gasteiger charge is 2.05. The number of anilines is 1. The first-order valence-corrected chi connectivity index (χ1v) is 8.11. The Hall–Kier alpha value is -0.770. The van der Waals surface area contributed by atoms with Crippen LogP contribution in [0.5, 0.6) is 0 Å². The molecule has 0 aliphatic heterocycles. The molecule has 0 aliphatic carbocycles. The Labute approximate surface area is 115 Å². The lowest BCUT2D eigenvalue weighted by molar-refractivity contribution is 0.742. The molecular formula is C14H25N3S. The number of thioether (sulfide) groups is 1. The SMILES string of the molecule is CSCCCCCNc1nc(C)cc(C(C)C)n1. The zero-order valence-corrected chi connectivity index (χ0v) is 12.8. The second-order valence-electron chi connectivity index (χ2n) is 4.89. The van der Waals surface area contributed by atoms with Gasteiger partial charge in [-0.3, -0.25) is 0 Å². The van der Waals surface area contributed by atoms with Crippen LogP contribution in [0, 0.1) is 6.92 Å². The van der Waals surface area contributed by atoms with Gasteiger partial charge in [-0.15, -0.1) is 0 Å². The van der Waals surface area contributed by atoms with Crippen molar-refractivity contribution in [1.29, 1.82) is 0 Å². The smallest absolute Gasteiger partial charge is 0.223 e. The van der Waals surface area contributed by atoms with E-state index in [-0.39, 0.29) is 0 Å². The lowest BCUT2D eigenvalue weighted by Crippen LogP contribution is -2.08. The van der Waals surface area contributed by atoms with Gasteiger partial charge in [-0.05, 0) is 43.8 Å². The first-order chi connectivity index (χ1) is 8.63. The van der Waals surface area contributed by atoms with Crippen molar-refractivity contribution < 1.29 is 0 Å². The first-order valence-electron chi connectivity index (χ1n) is 6.72. The van der Waals surface area contributed by atoms with Crippen LogP contribution in [-0.4, -0.2) is 28.5 Å². The predicted octanol–water partition coefficient (Wildman–Crippen LogP) is 3.85. The summed E-state index contributed by atoms with van der Waals surface area (Å²) in [6, 6.07) is 2.06. The molecule has 1 N–H and O–H groups in total. The molecule has 18 heavy (non-hydrogen) atoms. The maximum atomic E-state index is 4.54. The molecule has 0 fully saturated rings. The summed E-state index contributed by atoms with van der Waals surface area (Å²) >= 11 is 1.92. The minimum Gasteiger partial charge on any atom is -0.354 e. The third-order valence-corrected chi connectivity index (χ3v) is 3.47. The Balaban J connectivity index is 2.37. The van der Waals surface area contributed by atoms with Gasteiger partial charge in [0.15, 0.2) is 0 Å². The van der Waals surface area contributed by atoms with E-state index in [1.165, 1.54) is 25.0 Å². The number of nitrogens with one attached hydrogen (secondary N) is 1. The maximum absolute atomic E-state index is 4.54. The molecule has 1 heterocycles. The minimum atomic E-state index is 0.453. The van der Waals surface area contributed by atoms with Crippen molar-refractivity contribution in [3.63, 3.8) is 0 Å². The van der Waals surface area contributed by atoms with Gasteiger partial charge < -0.3 is 5.32 Å². The summed E-state index contributed by atoms with van der Waals surface area (Å²) in [6.07, 6.45) is 5.92. The van der Waals surface area contributed by atoms with Gasteiger partial charge in [-0.2, -0.15) is 11.8 Å². The number of aryl methyl sites for hydroxylation is 1. The topological polar surface area (TPSA) is 37.8 Å². The van der Waals surface area contributed by atoms with Gasteiger partial charge in [0.05, 0.1) is 0 Å². The van der Waals surface area contributed by atoms with Crippen LogP contribution in [0.3, 0.4) is 0 Å². The fraction of sp³-hybridized carbons (Fsp3) is 0.714. The molecule has 1 aromatic rings. The van der Waals surface area contributed by atoms with Crippen LogP contribution in [0.1, 0.15) is 50.4 Å². The number of nitrogens with zero attached hydrogens (tertiary/aromatic N) is 2. The molecular weight excluding hydrogens is 242 g/mol. The van der Waals surface area contributed by atoms with Gasteiger partial charge in [0.1, 0.15) is 0 Å². The summed E-state index contributed by atoms with van der Waals surface area (Å²) < 4.78 is 0. The van der Waals surface area contributed by atoms with Crippen LogP contribution in [-0.2, 0) is 0 Å². The Morgan fingerprint density at radius 2 is 2.00 bits per heavy atom. The molecule has 0 unspecified atom stereocenters. The van der Waals surface area contributed by atoms with Gasteiger partial charge in [-0.25, -0.2) is 9.97 Å². The second-order valence-corrected chi connectivity index (χ2v) is 5.88. The number of unbranched alkanes of at least 4 members (excludes halogenated alkanes) is 2. The highest BCUT2D eigenvalue weighted by atomic mass is 32.2. The summed E-state index contributed by atoms with van der Waals surface area (Å²) in [7, 11) is 0. The first kappa shape index (κ1) is 15.3. The summed E-state index contributed by atoms with van der Waals surface area (Å²) in [6.45, 7) is 7.31. The van der Waals surface area contributed by atoms with E-state index in [0.29, 0.717) is 5.92 Å². The fourth-order valence-electron chi connectivity index (χ4n) is 1.72. The van der Waals surface area contributed by atoms with E-state index in [9.17, 15) is 0 Å². The molecule has 0 spiro atoms. The lowest BCUT2D eigenvalue weighted by Gasteiger charge is -2.10. The molecule has 0 aromatic carbocycles. The zero-order chi connectivity index (χ0) is 13.4. The molecule has 1 aromatic heterocycles. The van der Waals surface area contributed by atoms with E-state index < -0.39 is 0 Å². The molecule has 1 rings (SSSR count). The van der Waals surface area contributed by atoms with Crippen molar-refractivity contribution in [3.8, 4) is 0 Å². The van der Waals surface area contributed by atoms with Gasteiger partial charge >= 0.3 is 0 Å². The number of hydrogen-bond acceptors (Lipinski definition) is 4. The molecule has 3 nitrogen and oxygen atoms in total. The molecule has 0 radical (unpaired) electrons. The molecule has 0 aliphatic rings. The minimum absolute atomic E-state index is 0.453. The van der Waals surface area contributed by atoms with E-state index in [2.05, 4.69) is 41.5 Å². The summed E-state index contributed by atoms with van der Waals surface area (Å²) in [5.74, 6) is 2.50. The number of hydrogen-bond donors (Lipinski definition) is 1. The van der Waals surface area contributed by atoms with Gasteiger partial charge in [-0.1, -0.05) is 20.3 Å². The quantitative estimate of drug-likeness (QED) is 0.726. The van der Waals surface area contributed by atoms with Crippen LogP contribution in [0.25, 0.3) is 0 Å². The lowest BCUT2D eigenvalue weighted by atomic mass is 10.1. The molecule has 0 amide bonds. The van der Waals surface area contributed by atoms with Crippen molar-refractivity contribution in [2.24, 2.45) is 0 Å². The monoisotopic (exact) mass is 267 g/mol. The van der Waals surface area contributed by atoms with Gasteiger partial charge in [0.25, 0.3) is 0 Å². The second kappa shape index (κ2) is 8.35. The average Bonchev–Trinajstić information content (AvgIpc) is 2.33. The van der Waals surface area contributed by atoms with Crippen LogP contribution >= 0.6 is 11.8 Å². The Kier molecular flexibility index (Phi) is 7.09. The Morgan fingerprint density at radius 3 is 2.67 bits per heavy atom. The Bertz CT molecular complexity index is 353. The van der Waals surface area contributed by atoms with E-state index in [1.807, 2.05) is 18.7 Å². The summed E-state index contributed by atoms with van der Waals surface area (Å²) in [4.78, 5) is 8.96. The number of rotatable bonds is 8. The van der Waals surface area contributed by atoms with Gasteiger partial charge in [0.2, 0.25) is 5.95 Å². The zero-order valence-electron chi connectivity index (χ0n) is 12.0. The largest absolute Gasteiger partial charge is 0.354 e. The molecule has 0 saturated heterocycles. The van der Waals surface area contributed by atoms with Crippen molar-refractivity contribution in [2.45, 2.75) is 46.0 Å². The highest BCUT2D eigenvalue weighted by molar-refractivity contribution is 7.98. The summed E-state index contributed by atoms with van der Waals surface area (Å²) in [5.41, 5.74) is 2.16. The summed E-state index contributed by atoms with van der Waals surface area (Å²) in [5, 5.41) is 3.33. The van der Waals surface area contributed by atoms with Crippen LogP contribution < -0.4 is 5.32 Å². The van der Waals surface area contributed by atoms with Gasteiger partial charge in [0, 0.05) is 17.9 Å². The van der Waals surface area contributed by atoms with Crippen LogP contribution in [0.15, 0.2) is 6.07 Å². The fourth-order valence-corrected chi connectivity index (χ4v) is 2.21. The third-order valence-electron chi connectivity index (χ3n) is 2.77. The molecule has 0 saturated carbocycles. The van der Waals surface area contributed by atoms with Crippen molar-refractivity contribution >= 4 is 17.7 Å².